The number of halogens is 2. The second-order valence-electron chi connectivity index (χ2n) is 7.74. The molecular formula is C24H33FIN3O2. The Balaban J connectivity index is 0.00000341. The number of hydrogen-bond acceptors (Lipinski definition) is 3. The number of rotatable bonds is 7. The molecule has 7 heteroatoms. The van der Waals surface area contributed by atoms with Crippen molar-refractivity contribution in [3.05, 3.63) is 71.0 Å². The first-order valence-corrected chi connectivity index (χ1v) is 10.7. The minimum atomic E-state index is -0.986. The number of aliphatic hydroxyl groups excluding tert-OH is 1. The standard InChI is InChI=1S/C24H32FN3O2.HI/c1-3-26-24(28-16-22(29)20-8-4-5-9-21(20)25)27-15-19-7-6-14-30-23(19)18-12-10-17(2)11-13-18;/h4-5,8-13,19,22-23,29H,3,6-7,14-16H2,1-2H3,(H2,26,27,28);1H. The van der Waals surface area contributed by atoms with Crippen LogP contribution in [0.4, 0.5) is 4.39 Å². The Morgan fingerprint density at radius 1 is 1.19 bits per heavy atom. The summed E-state index contributed by atoms with van der Waals surface area (Å²) in [5.41, 5.74) is 2.69. The largest absolute Gasteiger partial charge is 0.386 e. The van der Waals surface area contributed by atoms with Crippen molar-refractivity contribution in [3.8, 4) is 0 Å². The van der Waals surface area contributed by atoms with Crippen molar-refractivity contribution in [1.82, 2.24) is 10.6 Å². The molecule has 3 N–H and O–H groups in total. The monoisotopic (exact) mass is 541 g/mol. The highest BCUT2D eigenvalue weighted by molar-refractivity contribution is 14.0. The summed E-state index contributed by atoms with van der Waals surface area (Å²) in [4.78, 5) is 4.46. The van der Waals surface area contributed by atoms with Crippen LogP contribution in [0.5, 0.6) is 0 Å². The van der Waals surface area contributed by atoms with E-state index in [2.05, 4.69) is 46.8 Å². The number of aliphatic imine (C=N–C) groups is 1. The normalized spacial score (nSPS) is 19.9. The van der Waals surface area contributed by atoms with Crippen LogP contribution in [0, 0.1) is 18.7 Å². The molecule has 0 saturated carbocycles. The highest BCUT2D eigenvalue weighted by atomic mass is 127. The summed E-state index contributed by atoms with van der Waals surface area (Å²) in [6.07, 6.45) is 1.18. The molecule has 2 aromatic carbocycles. The van der Waals surface area contributed by atoms with Gasteiger partial charge in [-0.25, -0.2) is 4.39 Å². The molecule has 3 rings (SSSR count). The van der Waals surface area contributed by atoms with Crippen LogP contribution in [0.15, 0.2) is 53.5 Å². The molecule has 0 radical (unpaired) electrons. The Kier molecular flexibility index (Phi) is 10.7. The SMILES string of the molecule is CCNC(=NCC(O)c1ccccc1F)NCC1CCCOC1c1ccc(C)cc1.I. The van der Waals surface area contributed by atoms with Gasteiger partial charge in [0.15, 0.2) is 5.96 Å². The van der Waals surface area contributed by atoms with Crippen LogP contribution >= 0.6 is 24.0 Å². The van der Waals surface area contributed by atoms with Gasteiger partial charge in [0.05, 0.1) is 12.6 Å². The van der Waals surface area contributed by atoms with E-state index in [4.69, 9.17) is 4.74 Å². The van der Waals surface area contributed by atoms with Gasteiger partial charge in [-0.1, -0.05) is 48.0 Å². The summed E-state index contributed by atoms with van der Waals surface area (Å²) in [6.45, 7) is 6.34. The Hall–Kier alpha value is -1.71. The molecule has 3 atom stereocenters. The van der Waals surface area contributed by atoms with Crippen LogP contribution in [0.2, 0.25) is 0 Å². The predicted molar refractivity (Wildman–Crippen MR) is 133 cm³/mol. The first kappa shape index (κ1) is 25.5. The Morgan fingerprint density at radius 2 is 1.94 bits per heavy atom. The number of nitrogens with zero attached hydrogens (tertiary/aromatic N) is 1. The van der Waals surface area contributed by atoms with E-state index >= 15 is 0 Å². The molecule has 1 aliphatic heterocycles. The topological polar surface area (TPSA) is 65.9 Å². The smallest absolute Gasteiger partial charge is 0.191 e. The van der Waals surface area contributed by atoms with Gasteiger partial charge in [-0.3, -0.25) is 4.99 Å². The van der Waals surface area contributed by atoms with Gasteiger partial charge in [0, 0.05) is 31.2 Å². The van der Waals surface area contributed by atoms with Crippen LogP contribution in [-0.4, -0.2) is 37.3 Å². The summed E-state index contributed by atoms with van der Waals surface area (Å²) in [5, 5.41) is 16.9. The second kappa shape index (κ2) is 13.0. The van der Waals surface area contributed by atoms with Crippen molar-refractivity contribution < 1.29 is 14.2 Å². The zero-order valence-electron chi connectivity index (χ0n) is 18.2. The quantitative estimate of drug-likeness (QED) is 0.274. The summed E-state index contributed by atoms with van der Waals surface area (Å²) in [5.74, 6) is 0.515. The van der Waals surface area contributed by atoms with E-state index in [0.29, 0.717) is 25.0 Å². The van der Waals surface area contributed by atoms with E-state index in [0.717, 1.165) is 19.4 Å². The average Bonchev–Trinajstić information content (AvgIpc) is 2.76. The molecule has 0 aromatic heterocycles. The lowest BCUT2D eigenvalue weighted by molar-refractivity contribution is -0.0265. The summed E-state index contributed by atoms with van der Waals surface area (Å²) in [6, 6.07) is 14.8. The number of ether oxygens (including phenoxy) is 1. The molecule has 0 spiro atoms. The molecule has 1 fully saturated rings. The van der Waals surface area contributed by atoms with Crippen LogP contribution < -0.4 is 10.6 Å². The number of hydrogen-bond donors (Lipinski definition) is 3. The third-order valence-electron chi connectivity index (χ3n) is 5.41. The van der Waals surface area contributed by atoms with Gasteiger partial charge < -0.3 is 20.5 Å². The lowest BCUT2D eigenvalue weighted by Crippen LogP contribution is -2.42. The first-order valence-electron chi connectivity index (χ1n) is 10.7. The van der Waals surface area contributed by atoms with Crippen molar-refractivity contribution >= 4 is 29.9 Å². The number of benzene rings is 2. The van der Waals surface area contributed by atoms with Crippen molar-refractivity contribution in [2.45, 2.75) is 38.9 Å². The molecule has 1 heterocycles. The summed E-state index contributed by atoms with van der Waals surface area (Å²) in [7, 11) is 0. The van der Waals surface area contributed by atoms with E-state index in [1.807, 2.05) is 6.92 Å². The van der Waals surface area contributed by atoms with Crippen molar-refractivity contribution in [3.63, 3.8) is 0 Å². The third-order valence-corrected chi connectivity index (χ3v) is 5.41. The van der Waals surface area contributed by atoms with E-state index in [-0.39, 0.29) is 42.2 Å². The molecule has 1 aliphatic rings. The maximum Gasteiger partial charge on any atom is 0.191 e. The molecule has 0 bridgehead atoms. The number of aliphatic hydroxyl groups is 1. The maximum atomic E-state index is 13.9. The van der Waals surface area contributed by atoms with Crippen molar-refractivity contribution in [1.29, 1.82) is 0 Å². The molecule has 31 heavy (non-hydrogen) atoms. The Bertz CT molecular complexity index is 832. The van der Waals surface area contributed by atoms with Crippen LogP contribution in [0.25, 0.3) is 0 Å². The zero-order chi connectivity index (χ0) is 21.3. The maximum absolute atomic E-state index is 13.9. The Labute approximate surface area is 201 Å². The van der Waals surface area contributed by atoms with Gasteiger partial charge in [-0.2, -0.15) is 0 Å². The van der Waals surface area contributed by atoms with E-state index in [1.165, 1.54) is 17.2 Å². The molecule has 5 nitrogen and oxygen atoms in total. The lowest BCUT2D eigenvalue weighted by atomic mass is 9.89. The predicted octanol–water partition coefficient (Wildman–Crippen LogP) is 4.51. The number of guanidine groups is 1. The third kappa shape index (κ3) is 7.43. The zero-order valence-corrected chi connectivity index (χ0v) is 20.5. The highest BCUT2D eigenvalue weighted by Crippen LogP contribution is 2.33. The summed E-state index contributed by atoms with van der Waals surface area (Å²) >= 11 is 0. The molecular weight excluding hydrogens is 508 g/mol. The van der Waals surface area contributed by atoms with Crippen LogP contribution in [0.1, 0.15) is 48.7 Å². The highest BCUT2D eigenvalue weighted by Gasteiger charge is 2.27. The first-order chi connectivity index (χ1) is 14.6. The molecule has 0 amide bonds. The van der Waals surface area contributed by atoms with E-state index in [9.17, 15) is 9.50 Å². The minimum absolute atomic E-state index is 0. The molecule has 2 aromatic rings. The van der Waals surface area contributed by atoms with Crippen molar-refractivity contribution in [2.75, 3.05) is 26.2 Å². The molecule has 3 unspecified atom stereocenters. The minimum Gasteiger partial charge on any atom is -0.386 e. The van der Waals surface area contributed by atoms with Crippen LogP contribution in [-0.2, 0) is 4.74 Å². The molecule has 0 aliphatic carbocycles. The lowest BCUT2D eigenvalue weighted by Gasteiger charge is -2.32. The fraction of sp³-hybridized carbons (Fsp3) is 0.458. The van der Waals surface area contributed by atoms with Gasteiger partial charge in [0.25, 0.3) is 0 Å². The second-order valence-corrected chi connectivity index (χ2v) is 7.74. The fourth-order valence-electron chi connectivity index (χ4n) is 3.77. The molecule has 170 valence electrons. The van der Waals surface area contributed by atoms with Gasteiger partial charge in [-0.15, -0.1) is 24.0 Å². The van der Waals surface area contributed by atoms with Gasteiger partial charge >= 0.3 is 0 Å². The van der Waals surface area contributed by atoms with Gasteiger partial charge in [-0.05, 0) is 38.3 Å². The van der Waals surface area contributed by atoms with Crippen molar-refractivity contribution in [2.24, 2.45) is 10.9 Å². The van der Waals surface area contributed by atoms with E-state index < -0.39 is 11.9 Å². The van der Waals surface area contributed by atoms with E-state index in [1.54, 1.807) is 18.2 Å². The average molecular weight is 541 g/mol. The van der Waals surface area contributed by atoms with Gasteiger partial charge in [0.2, 0.25) is 0 Å². The number of aryl methyl sites for hydroxylation is 1. The molecule has 1 saturated heterocycles. The number of nitrogens with one attached hydrogen (secondary N) is 2. The Morgan fingerprint density at radius 3 is 2.65 bits per heavy atom. The summed E-state index contributed by atoms with van der Waals surface area (Å²) < 4.78 is 20.0. The fourth-order valence-corrected chi connectivity index (χ4v) is 3.77. The van der Waals surface area contributed by atoms with Crippen LogP contribution in [0.3, 0.4) is 0 Å². The van der Waals surface area contributed by atoms with Gasteiger partial charge in [0.1, 0.15) is 11.9 Å².